The van der Waals surface area contributed by atoms with E-state index in [2.05, 4.69) is 32.9 Å². The zero-order valence-corrected chi connectivity index (χ0v) is 9.52. The Labute approximate surface area is 86.3 Å². The zero-order chi connectivity index (χ0) is 10.9. The second-order valence-corrected chi connectivity index (χ2v) is 4.40. The van der Waals surface area contributed by atoms with Crippen LogP contribution in [0.5, 0.6) is 0 Å². The first-order valence-electron chi connectivity index (χ1n) is 4.96. The van der Waals surface area contributed by atoms with Gasteiger partial charge in [-0.3, -0.25) is 0 Å². The molecule has 2 nitrogen and oxygen atoms in total. The predicted octanol–water partition coefficient (Wildman–Crippen LogP) is 1.74. The lowest BCUT2D eigenvalue weighted by atomic mass is 9.85. The Hall–Kier alpha value is -0.860. The van der Waals surface area contributed by atoms with Crippen molar-refractivity contribution in [2.75, 3.05) is 6.54 Å². The van der Waals surface area contributed by atoms with Crippen molar-refractivity contribution in [3.05, 3.63) is 34.4 Å². The smallest absolute Gasteiger partial charge is 0.0510 e. The number of nitrogens with two attached hydrogens (primary N) is 2. The molecule has 0 saturated heterocycles. The predicted molar refractivity (Wildman–Crippen MR) is 61.2 cm³/mol. The number of hydrogen-bond donors (Lipinski definition) is 2. The van der Waals surface area contributed by atoms with E-state index in [1.54, 1.807) is 0 Å². The lowest BCUT2D eigenvalue weighted by molar-refractivity contribution is 0.501. The molecule has 0 fully saturated rings. The molecule has 0 radical (unpaired) electrons. The molecule has 1 atom stereocenters. The van der Waals surface area contributed by atoms with Gasteiger partial charge in [-0.2, -0.15) is 0 Å². The minimum atomic E-state index is -0.415. The highest BCUT2D eigenvalue weighted by atomic mass is 14.8. The minimum Gasteiger partial charge on any atom is -0.328 e. The average Bonchev–Trinajstić information content (AvgIpc) is 2.01. The van der Waals surface area contributed by atoms with Crippen LogP contribution >= 0.6 is 0 Å². The van der Waals surface area contributed by atoms with Gasteiger partial charge in [-0.1, -0.05) is 17.7 Å². The van der Waals surface area contributed by atoms with E-state index in [0.717, 1.165) is 0 Å². The molecule has 1 rings (SSSR count). The van der Waals surface area contributed by atoms with Crippen molar-refractivity contribution >= 4 is 0 Å². The van der Waals surface area contributed by atoms with Gasteiger partial charge in [0.05, 0.1) is 5.54 Å². The number of benzene rings is 1. The van der Waals surface area contributed by atoms with E-state index in [9.17, 15) is 0 Å². The van der Waals surface area contributed by atoms with E-state index >= 15 is 0 Å². The minimum absolute atomic E-state index is 0.415. The van der Waals surface area contributed by atoms with Crippen LogP contribution in [0.2, 0.25) is 0 Å². The van der Waals surface area contributed by atoms with E-state index in [0.29, 0.717) is 6.54 Å². The summed E-state index contributed by atoms with van der Waals surface area (Å²) in [7, 11) is 0. The van der Waals surface area contributed by atoms with Crippen molar-refractivity contribution in [3.63, 3.8) is 0 Å². The van der Waals surface area contributed by atoms with Gasteiger partial charge >= 0.3 is 0 Å². The topological polar surface area (TPSA) is 52.0 Å². The summed E-state index contributed by atoms with van der Waals surface area (Å²) in [4.78, 5) is 0. The van der Waals surface area contributed by atoms with Crippen LogP contribution < -0.4 is 11.5 Å². The van der Waals surface area contributed by atoms with Crippen molar-refractivity contribution in [2.24, 2.45) is 11.5 Å². The van der Waals surface area contributed by atoms with Gasteiger partial charge in [-0.25, -0.2) is 0 Å². The van der Waals surface area contributed by atoms with Crippen LogP contribution in [-0.2, 0) is 5.54 Å². The highest BCUT2D eigenvalue weighted by molar-refractivity contribution is 5.42. The van der Waals surface area contributed by atoms with Crippen molar-refractivity contribution < 1.29 is 0 Å². The van der Waals surface area contributed by atoms with E-state index < -0.39 is 5.54 Å². The lowest BCUT2D eigenvalue weighted by Gasteiger charge is -2.27. The standard InChI is InChI=1S/C12H20N2/c1-8-5-9(2)11(10(3)6-8)12(4,14)7-13/h5-6H,7,13-14H2,1-4H3. The van der Waals surface area contributed by atoms with E-state index in [-0.39, 0.29) is 0 Å². The summed E-state index contributed by atoms with van der Waals surface area (Å²) < 4.78 is 0. The number of rotatable bonds is 2. The van der Waals surface area contributed by atoms with Gasteiger partial charge in [-0.15, -0.1) is 0 Å². The largest absolute Gasteiger partial charge is 0.328 e. The Bertz CT molecular complexity index is 317. The molecule has 14 heavy (non-hydrogen) atoms. The molecule has 1 aromatic carbocycles. The maximum Gasteiger partial charge on any atom is 0.0510 e. The third kappa shape index (κ3) is 1.97. The highest BCUT2D eigenvalue weighted by Gasteiger charge is 2.23. The first-order valence-corrected chi connectivity index (χ1v) is 4.96. The van der Waals surface area contributed by atoms with Crippen molar-refractivity contribution in [1.29, 1.82) is 0 Å². The number of aryl methyl sites for hydroxylation is 3. The van der Waals surface area contributed by atoms with E-state index in [1.165, 1.54) is 22.3 Å². The Balaban J connectivity index is 3.35. The van der Waals surface area contributed by atoms with Crippen LogP contribution in [0.1, 0.15) is 29.2 Å². The Morgan fingerprint density at radius 3 is 1.93 bits per heavy atom. The monoisotopic (exact) mass is 192 g/mol. The molecular weight excluding hydrogens is 172 g/mol. The van der Waals surface area contributed by atoms with Crippen LogP contribution in [0.4, 0.5) is 0 Å². The van der Waals surface area contributed by atoms with Crippen LogP contribution in [-0.4, -0.2) is 6.54 Å². The molecule has 4 N–H and O–H groups in total. The maximum atomic E-state index is 6.16. The highest BCUT2D eigenvalue weighted by Crippen LogP contribution is 2.25. The normalized spacial score (nSPS) is 15.3. The summed E-state index contributed by atoms with van der Waals surface area (Å²) in [5.41, 5.74) is 16.4. The molecule has 0 aliphatic heterocycles. The fraction of sp³-hybridized carbons (Fsp3) is 0.500. The summed E-state index contributed by atoms with van der Waals surface area (Å²) in [5, 5.41) is 0. The second-order valence-electron chi connectivity index (χ2n) is 4.40. The first-order chi connectivity index (χ1) is 6.38. The van der Waals surface area contributed by atoms with Gasteiger partial charge in [-0.05, 0) is 44.4 Å². The van der Waals surface area contributed by atoms with Gasteiger partial charge in [0.25, 0.3) is 0 Å². The summed E-state index contributed by atoms with van der Waals surface area (Å²) in [6.45, 7) is 8.74. The molecule has 0 bridgehead atoms. The molecule has 78 valence electrons. The van der Waals surface area contributed by atoms with Gasteiger partial charge in [0.15, 0.2) is 0 Å². The molecule has 0 spiro atoms. The average molecular weight is 192 g/mol. The van der Waals surface area contributed by atoms with Crippen molar-refractivity contribution in [2.45, 2.75) is 33.2 Å². The molecular formula is C12H20N2. The Kier molecular flexibility index (Phi) is 2.98. The molecule has 0 aliphatic carbocycles. The van der Waals surface area contributed by atoms with E-state index in [4.69, 9.17) is 11.5 Å². The number of hydrogen-bond acceptors (Lipinski definition) is 2. The summed E-state index contributed by atoms with van der Waals surface area (Å²) >= 11 is 0. The van der Waals surface area contributed by atoms with Crippen LogP contribution in [0.25, 0.3) is 0 Å². The van der Waals surface area contributed by atoms with Crippen LogP contribution in [0.15, 0.2) is 12.1 Å². The zero-order valence-electron chi connectivity index (χ0n) is 9.52. The SMILES string of the molecule is Cc1cc(C)c(C(C)(N)CN)c(C)c1. The molecule has 2 heteroatoms. The quantitative estimate of drug-likeness (QED) is 0.750. The van der Waals surface area contributed by atoms with Crippen molar-refractivity contribution in [1.82, 2.24) is 0 Å². The summed E-state index contributed by atoms with van der Waals surface area (Å²) in [6.07, 6.45) is 0. The fourth-order valence-corrected chi connectivity index (χ4v) is 2.18. The third-order valence-corrected chi connectivity index (χ3v) is 2.67. The van der Waals surface area contributed by atoms with Gasteiger partial charge in [0.1, 0.15) is 0 Å². The van der Waals surface area contributed by atoms with Gasteiger partial charge in [0, 0.05) is 6.54 Å². The maximum absolute atomic E-state index is 6.16. The molecule has 1 unspecified atom stereocenters. The molecule has 0 saturated carbocycles. The Morgan fingerprint density at radius 2 is 1.57 bits per heavy atom. The Morgan fingerprint density at radius 1 is 1.14 bits per heavy atom. The van der Waals surface area contributed by atoms with E-state index in [1.807, 2.05) is 6.92 Å². The first kappa shape index (κ1) is 11.2. The summed E-state index contributed by atoms with van der Waals surface area (Å²) in [6, 6.07) is 4.31. The molecule has 0 heterocycles. The second kappa shape index (κ2) is 3.71. The summed E-state index contributed by atoms with van der Waals surface area (Å²) in [5.74, 6) is 0. The lowest BCUT2D eigenvalue weighted by Crippen LogP contribution is -2.42. The molecule has 0 aromatic heterocycles. The molecule has 1 aromatic rings. The molecule has 0 aliphatic rings. The van der Waals surface area contributed by atoms with Crippen LogP contribution in [0, 0.1) is 20.8 Å². The third-order valence-electron chi connectivity index (χ3n) is 2.67. The fourth-order valence-electron chi connectivity index (χ4n) is 2.18. The van der Waals surface area contributed by atoms with Gasteiger partial charge in [0.2, 0.25) is 0 Å². The molecule has 0 amide bonds. The van der Waals surface area contributed by atoms with Crippen LogP contribution in [0.3, 0.4) is 0 Å². The van der Waals surface area contributed by atoms with Crippen molar-refractivity contribution in [3.8, 4) is 0 Å². The van der Waals surface area contributed by atoms with Gasteiger partial charge < -0.3 is 11.5 Å².